The lowest BCUT2D eigenvalue weighted by atomic mass is 9.93. The molecule has 0 unspecified atom stereocenters. The van der Waals surface area contributed by atoms with Crippen LogP contribution >= 0.6 is 15.9 Å². The Balaban J connectivity index is 1.93. The number of halogens is 4. The molecule has 0 amide bonds. The summed E-state index contributed by atoms with van der Waals surface area (Å²) in [5.74, 6) is 0.116. The number of nitrogens with zero attached hydrogens (tertiary/aromatic N) is 4. The van der Waals surface area contributed by atoms with Gasteiger partial charge in [0.05, 0.1) is 22.9 Å². The van der Waals surface area contributed by atoms with Crippen molar-refractivity contribution in [1.29, 1.82) is 5.26 Å². The predicted molar refractivity (Wildman–Crippen MR) is 120 cm³/mol. The third-order valence-electron chi connectivity index (χ3n) is 5.55. The predicted octanol–water partition coefficient (Wildman–Crippen LogP) is 4.33. The van der Waals surface area contributed by atoms with Crippen molar-refractivity contribution in [3.05, 3.63) is 86.6 Å². The molecule has 2 aromatic carbocycles. The van der Waals surface area contributed by atoms with Gasteiger partial charge in [-0.3, -0.25) is 4.90 Å². The van der Waals surface area contributed by atoms with E-state index in [4.69, 9.17) is 5.73 Å². The van der Waals surface area contributed by atoms with Crippen LogP contribution < -0.4 is 16.3 Å². The van der Waals surface area contributed by atoms with Crippen LogP contribution in [-0.4, -0.2) is 20.1 Å². The lowest BCUT2D eigenvalue weighted by molar-refractivity contribution is -0.137. The summed E-state index contributed by atoms with van der Waals surface area (Å²) in [6, 6.07) is 11.2. The molecule has 0 radical (unpaired) electrons. The van der Waals surface area contributed by atoms with Crippen molar-refractivity contribution < 1.29 is 13.2 Å². The van der Waals surface area contributed by atoms with E-state index in [1.54, 1.807) is 25.1 Å². The number of allylic oxidation sites excluding steroid dienone is 2. The number of rotatable bonds is 4. The first-order chi connectivity index (χ1) is 15.7. The van der Waals surface area contributed by atoms with Crippen molar-refractivity contribution in [1.82, 2.24) is 14.8 Å². The van der Waals surface area contributed by atoms with E-state index in [1.807, 2.05) is 0 Å². The van der Waals surface area contributed by atoms with Crippen LogP contribution in [0, 0.1) is 11.3 Å². The Morgan fingerprint density at radius 2 is 2.03 bits per heavy atom. The lowest BCUT2D eigenvalue weighted by Crippen LogP contribution is -2.38. The first-order valence-corrected chi connectivity index (χ1v) is 11.0. The highest BCUT2D eigenvalue weighted by Crippen LogP contribution is 2.41. The molecule has 3 aromatic rings. The minimum atomic E-state index is -4.53. The molecule has 7 nitrogen and oxygen atoms in total. The average Bonchev–Trinajstić information content (AvgIpc) is 3.15. The fourth-order valence-electron chi connectivity index (χ4n) is 4.00. The first-order valence-electron chi connectivity index (χ1n) is 9.86. The van der Waals surface area contributed by atoms with Gasteiger partial charge < -0.3 is 5.73 Å². The van der Waals surface area contributed by atoms with Gasteiger partial charge >= 0.3 is 11.9 Å². The van der Waals surface area contributed by atoms with E-state index >= 15 is 0 Å². The number of aromatic nitrogens is 3. The van der Waals surface area contributed by atoms with Gasteiger partial charge in [0, 0.05) is 16.7 Å². The van der Waals surface area contributed by atoms with Crippen molar-refractivity contribution in [3.8, 4) is 6.07 Å². The quantitative estimate of drug-likeness (QED) is 0.500. The smallest absolute Gasteiger partial charge is 0.399 e. The van der Waals surface area contributed by atoms with Crippen molar-refractivity contribution in [2.45, 2.75) is 25.6 Å². The van der Waals surface area contributed by atoms with Crippen LogP contribution in [0.4, 0.5) is 24.8 Å². The number of anilines is 2. The lowest BCUT2D eigenvalue weighted by Gasteiger charge is -2.35. The number of aryl methyl sites for hydroxylation is 1. The second kappa shape index (κ2) is 8.44. The highest BCUT2D eigenvalue weighted by atomic mass is 79.9. The molecule has 1 aliphatic heterocycles. The zero-order chi connectivity index (χ0) is 23.9. The van der Waals surface area contributed by atoms with Gasteiger partial charge in [-0.05, 0) is 54.8 Å². The number of benzene rings is 2. The number of aromatic amines is 1. The zero-order valence-electron chi connectivity index (χ0n) is 17.3. The van der Waals surface area contributed by atoms with Crippen LogP contribution in [0.5, 0.6) is 0 Å². The summed E-state index contributed by atoms with van der Waals surface area (Å²) in [5, 5.41) is 16.4. The number of hydrogen-bond acceptors (Lipinski definition) is 5. The molecule has 1 atom stereocenters. The largest absolute Gasteiger partial charge is 0.416 e. The molecular formula is C22H18BrF3N6O. The molecule has 33 heavy (non-hydrogen) atoms. The number of nitriles is 1. The SMILES string of the molecule is CC1=C(N)[C@@H](c2ccc(C#N)cc2CCBr)n2c(n[nH]c2=O)N1c1cccc(C(F)(F)F)c1. The Morgan fingerprint density at radius 3 is 2.70 bits per heavy atom. The highest BCUT2D eigenvalue weighted by molar-refractivity contribution is 9.09. The van der Waals surface area contributed by atoms with Gasteiger partial charge in [-0.15, -0.1) is 5.10 Å². The van der Waals surface area contributed by atoms with Crippen molar-refractivity contribution in [2.24, 2.45) is 5.73 Å². The Labute approximate surface area is 195 Å². The monoisotopic (exact) mass is 518 g/mol. The van der Waals surface area contributed by atoms with Crippen LogP contribution in [0.25, 0.3) is 0 Å². The Hall–Kier alpha value is -3.52. The molecule has 0 bridgehead atoms. The zero-order valence-corrected chi connectivity index (χ0v) is 18.9. The summed E-state index contributed by atoms with van der Waals surface area (Å²) in [6.45, 7) is 1.67. The molecule has 4 rings (SSSR count). The van der Waals surface area contributed by atoms with Crippen molar-refractivity contribution in [3.63, 3.8) is 0 Å². The summed E-state index contributed by atoms with van der Waals surface area (Å²) in [6.07, 6.45) is -3.96. The Morgan fingerprint density at radius 1 is 1.27 bits per heavy atom. The van der Waals surface area contributed by atoms with Gasteiger partial charge in [-0.2, -0.15) is 18.4 Å². The number of fused-ring (bicyclic) bond motifs is 1. The molecule has 0 aliphatic carbocycles. The molecule has 2 heterocycles. The third-order valence-corrected chi connectivity index (χ3v) is 5.95. The normalized spacial score (nSPS) is 16.0. The van der Waals surface area contributed by atoms with Crippen LogP contribution in [0.15, 0.2) is 58.7 Å². The minimum absolute atomic E-state index is 0.116. The van der Waals surface area contributed by atoms with Crippen molar-refractivity contribution in [2.75, 3.05) is 10.2 Å². The van der Waals surface area contributed by atoms with Gasteiger partial charge in [0.15, 0.2) is 0 Å². The van der Waals surface area contributed by atoms with Crippen LogP contribution in [-0.2, 0) is 12.6 Å². The van der Waals surface area contributed by atoms with Gasteiger partial charge in [0.25, 0.3) is 0 Å². The van der Waals surface area contributed by atoms with Crippen LogP contribution in [0.1, 0.15) is 35.2 Å². The molecule has 3 N–H and O–H groups in total. The Bertz CT molecular complexity index is 1350. The summed E-state index contributed by atoms with van der Waals surface area (Å²) < 4.78 is 41.3. The van der Waals surface area contributed by atoms with Gasteiger partial charge in [0.2, 0.25) is 5.95 Å². The first kappa shape index (κ1) is 22.7. The standard InChI is InChI=1S/C22H18BrF3N6O/c1-12-18(28)19(17-6-5-13(11-27)9-14(17)7-8-23)32-20(29-30-21(32)33)31(12)16-4-2-3-15(10-16)22(24,25)26/h2-6,9-10,19H,7-8,28H2,1H3,(H,30,33)/t19-/m1/s1. The van der Waals surface area contributed by atoms with E-state index in [0.717, 1.165) is 17.7 Å². The molecule has 1 aliphatic rings. The number of alkyl halides is 4. The maximum Gasteiger partial charge on any atom is 0.416 e. The van der Waals surface area contributed by atoms with Gasteiger partial charge in [-0.25, -0.2) is 14.5 Å². The fourth-order valence-corrected chi connectivity index (χ4v) is 4.43. The molecule has 0 saturated carbocycles. The van der Waals surface area contributed by atoms with Crippen LogP contribution in [0.3, 0.4) is 0 Å². The van der Waals surface area contributed by atoms with E-state index in [-0.39, 0.29) is 17.3 Å². The van der Waals surface area contributed by atoms with E-state index in [0.29, 0.717) is 28.6 Å². The van der Waals surface area contributed by atoms with Crippen molar-refractivity contribution >= 4 is 27.6 Å². The number of hydrogen-bond donors (Lipinski definition) is 2. The number of H-pyrrole nitrogens is 1. The molecule has 11 heteroatoms. The molecule has 1 aromatic heterocycles. The second-order valence-electron chi connectivity index (χ2n) is 7.49. The molecule has 0 spiro atoms. The van der Waals surface area contributed by atoms with Gasteiger partial charge in [0.1, 0.15) is 6.04 Å². The average molecular weight is 519 g/mol. The number of nitrogens with two attached hydrogens (primary N) is 1. The molecule has 0 saturated heterocycles. The second-order valence-corrected chi connectivity index (χ2v) is 8.28. The van der Waals surface area contributed by atoms with E-state index in [2.05, 4.69) is 32.2 Å². The molecule has 170 valence electrons. The molecular weight excluding hydrogens is 501 g/mol. The maximum atomic E-state index is 13.3. The fraction of sp³-hybridized carbons (Fsp3) is 0.227. The minimum Gasteiger partial charge on any atom is -0.399 e. The van der Waals surface area contributed by atoms with Crippen LogP contribution in [0.2, 0.25) is 0 Å². The summed E-state index contributed by atoms with van der Waals surface area (Å²) in [5.41, 5.74) is 8.02. The maximum absolute atomic E-state index is 13.3. The molecule has 0 fully saturated rings. The number of nitrogens with one attached hydrogen (secondary N) is 1. The summed E-state index contributed by atoms with van der Waals surface area (Å²) in [4.78, 5) is 14.2. The topological polar surface area (TPSA) is 104 Å². The third kappa shape index (κ3) is 3.91. The van der Waals surface area contributed by atoms with E-state index < -0.39 is 23.5 Å². The Kier molecular flexibility index (Phi) is 5.80. The summed E-state index contributed by atoms with van der Waals surface area (Å²) >= 11 is 3.41. The van der Waals surface area contributed by atoms with Gasteiger partial charge in [-0.1, -0.05) is 28.1 Å². The summed E-state index contributed by atoms with van der Waals surface area (Å²) in [7, 11) is 0. The van der Waals surface area contributed by atoms with E-state index in [9.17, 15) is 23.2 Å². The van der Waals surface area contributed by atoms with E-state index in [1.165, 1.54) is 21.6 Å². The highest BCUT2D eigenvalue weighted by Gasteiger charge is 2.37.